The first-order chi connectivity index (χ1) is 11.9. The summed E-state index contributed by atoms with van der Waals surface area (Å²) in [7, 11) is 3.29. The summed E-state index contributed by atoms with van der Waals surface area (Å²) in [6.07, 6.45) is 0.956. The van der Waals surface area contributed by atoms with Crippen LogP contribution < -0.4 is 4.74 Å². The van der Waals surface area contributed by atoms with Gasteiger partial charge in [0.25, 0.3) is 0 Å². The molecule has 2 rings (SSSR count). The zero-order valence-corrected chi connectivity index (χ0v) is 14.9. The molecule has 0 aliphatic heterocycles. The summed E-state index contributed by atoms with van der Waals surface area (Å²) in [6.45, 7) is 0.433. The number of aromatic carboxylic acids is 1. The second-order valence-corrected chi connectivity index (χ2v) is 6.13. The number of carboxylic acid groups (broad SMARTS) is 1. The third-order valence-electron chi connectivity index (χ3n) is 3.89. The van der Waals surface area contributed by atoms with Crippen molar-refractivity contribution in [2.75, 3.05) is 14.2 Å². The van der Waals surface area contributed by atoms with Crippen LogP contribution in [0.1, 0.15) is 27.9 Å². The van der Waals surface area contributed by atoms with Gasteiger partial charge >= 0.3 is 5.97 Å². The maximum Gasteiger partial charge on any atom is 0.335 e. The van der Waals surface area contributed by atoms with Gasteiger partial charge in [0.05, 0.1) is 17.7 Å². The largest absolute Gasteiger partial charge is 0.495 e. The van der Waals surface area contributed by atoms with Gasteiger partial charge in [-0.3, -0.25) is 4.79 Å². The molecule has 0 aliphatic carbocycles. The van der Waals surface area contributed by atoms with Gasteiger partial charge in [-0.25, -0.2) is 4.79 Å². The Balaban J connectivity index is 1.89. The third kappa shape index (κ3) is 5.22. The van der Waals surface area contributed by atoms with Crippen LogP contribution in [0.15, 0.2) is 42.5 Å². The summed E-state index contributed by atoms with van der Waals surface area (Å²) in [5.41, 5.74) is 2.08. The monoisotopic (exact) mass is 361 g/mol. The van der Waals surface area contributed by atoms with E-state index in [0.29, 0.717) is 30.2 Å². The molecule has 0 saturated carbocycles. The number of hydrogen-bond acceptors (Lipinski definition) is 3. The van der Waals surface area contributed by atoms with Gasteiger partial charge in [-0.1, -0.05) is 29.8 Å². The molecule has 0 fully saturated rings. The first-order valence-electron chi connectivity index (χ1n) is 7.79. The Kier molecular flexibility index (Phi) is 6.42. The lowest BCUT2D eigenvalue weighted by molar-refractivity contribution is -0.130. The van der Waals surface area contributed by atoms with Gasteiger partial charge in [-0.2, -0.15) is 0 Å². The molecule has 0 aliphatic rings. The molecule has 2 aromatic rings. The van der Waals surface area contributed by atoms with Gasteiger partial charge in [0.1, 0.15) is 5.75 Å². The van der Waals surface area contributed by atoms with Crippen molar-refractivity contribution in [3.8, 4) is 5.75 Å². The lowest BCUT2D eigenvalue weighted by Gasteiger charge is -2.17. The molecule has 0 bridgehead atoms. The van der Waals surface area contributed by atoms with Crippen molar-refractivity contribution in [3.05, 3.63) is 64.2 Å². The number of amides is 1. The van der Waals surface area contributed by atoms with Crippen LogP contribution in [-0.2, 0) is 17.8 Å². The number of rotatable bonds is 7. The fraction of sp³-hybridized carbons (Fsp3) is 0.263. The van der Waals surface area contributed by atoms with Crippen LogP contribution >= 0.6 is 11.6 Å². The summed E-state index contributed by atoms with van der Waals surface area (Å²) in [5.74, 6) is -0.345. The first kappa shape index (κ1) is 18.8. The van der Waals surface area contributed by atoms with Crippen molar-refractivity contribution in [3.63, 3.8) is 0 Å². The molecule has 0 heterocycles. The van der Waals surface area contributed by atoms with E-state index in [-0.39, 0.29) is 11.5 Å². The van der Waals surface area contributed by atoms with E-state index in [0.717, 1.165) is 11.1 Å². The highest BCUT2D eigenvalue weighted by Crippen LogP contribution is 2.25. The molecule has 6 heteroatoms. The molecule has 0 unspecified atom stereocenters. The number of aryl methyl sites for hydroxylation is 1. The van der Waals surface area contributed by atoms with Gasteiger partial charge in [0.15, 0.2) is 0 Å². The Bertz CT molecular complexity index is 759. The Morgan fingerprint density at radius 1 is 1.12 bits per heavy atom. The van der Waals surface area contributed by atoms with Gasteiger partial charge in [-0.15, -0.1) is 0 Å². The molecule has 132 valence electrons. The molecule has 0 saturated heterocycles. The summed E-state index contributed by atoms with van der Waals surface area (Å²) in [5, 5.41) is 9.42. The standard InChI is InChI=1S/C19H20ClNO4/c1-21(12-14-3-7-15(8-4-14)19(23)24)18(22)10-6-13-5-9-17(25-2)16(20)11-13/h3-5,7-9,11H,6,10,12H2,1-2H3,(H,23,24). The van der Waals surface area contributed by atoms with Crippen molar-refractivity contribution >= 4 is 23.5 Å². The third-order valence-corrected chi connectivity index (χ3v) is 4.19. The Hall–Kier alpha value is -2.53. The lowest BCUT2D eigenvalue weighted by atomic mass is 10.1. The van der Waals surface area contributed by atoms with Crippen molar-refractivity contribution in [2.45, 2.75) is 19.4 Å². The molecule has 0 atom stereocenters. The summed E-state index contributed by atoms with van der Waals surface area (Å²) >= 11 is 6.09. The van der Waals surface area contributed by atoms with E-state index in [1.807, 2.05) is 6.07 Å². The Morgan fingerprint density at radius 2 is 1.76 bits per heavy atom. The second kappa shape index (κ2) is 8.53. The molecule has 25 heavy (non-hydrogen) atoms. The van der Waals surface area contributed by atoms with E-state index in [2.05, 4.69) is 0 Å². The fourth-order valence-electron chi connectivity index (χ4n) is 2.42. The van der Waals surface area contributed by atoms with Gasteiger partial charge < -0.3 is 14.7 Å². The molecule has 0 radical (unpaired) electrons. The van der Waals surface area contributed by atoms with Crippen LogP contribution in [0.2, 0.25) is 5.02 Å². The molecular weight excluding hydrogens is 342 g/mol. The second-order valence-electron chi connectivity index (χ2n) is 5.72. The number of ether oxygens (including phenoxy) is 1. The highest BCUT2D eigenvalue weighted by Gasteiger charge is 2.11. The number of nitrogens with zero attached hydrogens (tertiary/aromatic N) is 1. The van der Waals surface area contributed by atoms with Crippen molar-refractivity contribution in [2.24, 2.45) is 0 Å². The molecule has 1 N–H and O–H groups in total. The van der Waals surface area contributed by atoms with Crippen LogP contribution in [0, 0.1) is 0 Å². The van der Waals surface area contributed by atoms with Crippen LogP contribution in [0.3, 0.4) is 0 Å². The molecule has 0 aromatic heterocycles. The number of carbonyl (C=O) groups is 2. The topological polar surface area (TPSA) is 66.8 Å². The lowest BCUT2D eigenvalue weighted by Crippen LogP contribution is -2.26. The number of benzene rings is 2. The van der Waals surface area contributed by atoms with Crippen LogP contribution in [-0.4, -0.2) is 36.0 Å². The number of halogens is 1. The summed E-state index contributed by atoms with van der Waals surface area (Å²) < 4.78 is 5.11. The van der Waals surface area contributed by atoms with Crippen molar-refractivity contribution in [1.82, 2.24) is 4.90 Å². The molecule has 2 aromatic carbocycles. The Morgan fingerprint density at radius 3 is 2.32 bits per heavy atom. The van der Waals surface area contributed by atoms with E-state index < -0.39 is 5.97 Å². The smallest absolute Gasteiger partial charge is 0.335 e. The van der Waals surface area contributed by atoms with Gasteiger partial charge in [-0.05, 0) is 41.8 Å². The van der Waals surface area contributed by atoms with E-state index in [9.17, 15) is 9.59 Å². The molecule has 1 amide bonds. The number of methoxy groups -OCH3 is 1. The number of carbonyl (C=O) groups excluding carboxylic acids is 1. The quantitative estimate of drug-likeness (QED) is 0.817. The maximum absolute atomic E-state index is 12.3. The minimum absolute atomic E-state index is 0.00857. The average molecular weight is 362 g/mol. The highest BCUT2D eigenvalue weighted by atomic mass is 35.5. The van der Waals surface area contributed by atoms with Crippen LogP contribution in [0.25, 0.3) is 0 Å². The summed E-state index contributed by atoms with van der Waals surface area (Å²) in [6, 6.07) is 12.0. The van der Waals surface area contributed by atoms with Crippen molar-refractivity contribution in [1.29, 1.82) is 0 Å². The SMILES string of the molecule is COc1ccc(CCC(=O)N(C)Cc2ccc(C(=O)O)cc2)cc1Cl. The maximum atomic E-state index is 12.3. The van der Waals surface area contributed by atoms with Gasteiger partial charge in [0.2, 0.25) is 5.91 Å². The average Bonchev–Trinajstić information content (AvgIpc) is 2.60. The normalized spacial score (nSPS) is 10.4. The number of carboxylic acids is 1. The zero-order valence-electron chi connectivity index (χ0n) is 14.2. The zero-order chi connectivity index (χ0) is 18.4. The fourth-order valence-corrected chi connectivity index (χ4v) is 2.70. The number of hydrogen-bond donors (Lipinski definition) is 1. The van der Waals surface area contributed by atoms with E-state index in [4.69, 9.17) is 21.4 Å². The van der Waals surface area contributed by atoms with Crippen molar-refractivity contribution < 1.29 is 19.4 Å². The van der Waals surface area contributed by atoms with E-state index in [1.165, 1.54) is 12.1 Å². The van der Waals surface area contributed by atoms with E-state index >= 15 is 0 Å². The van der Waals surface area contributed by atoms with E-state index in [1.54, 1.807) is 43.3 Å². The Labute approximate surface area is 151 Å². The highest BCUT2D eigenvalue weighted by molar-refractivity contribution is 6.32. The predicted molar refractivity (Wildman–Crippen MR) is 96.2 cm³/mol. The van der Waals surface area contributed by atoms with Gasteiger partial charge in [0, 0.05) is 20.0 Å². The molecule has 0 spiro atoms. The minimum Gasteiger partial charge on any atom is -0.495 e. The van der Waals surface area contributed by atoms with Crippen LogP contribution in [0.5, 0.6) is 5.75 Å². The minimum atomic E-state index is -0.964. The first-order valence-corrected chi connectivity index (χ1v) is 8.17. The predicted octanol–water partition coefficient (Wildman–Crippen LogP) is 3.64. The van der Waals surface area contributed by atoms with Crippen LogP contribution in [0.4, 0.5) is 0 Å². The molecular formula is C19H20ClNO4. The summed E-state index contributed by atoms with van der Waals surface area (Å²) in [4.78, 5) is 24.7. The molecule has 5 nitrogen and oxygen atoms in total.